The predicted molar refractivity (Wildman–Crippen MR) is 72.2 cm³/mol. The van der Waals surface area contributed by atoms with Crippen LogP contribution in [-0.4, -0.2) is 40.0 Å². The number of likely N-dealkylation sites (N-methyl/N-ethyl adjacent to an activating group) is 1. The van der Waals surface area contributed by atoms with Crippen LogP contribution >= 0.6 is 0 Å². The van der Waals surface area contributed by atoms with Gasteiger partial charge in [0.05, 0.1) is 0 Å². The first-order valence-electron chi connectivity index (χ1n) is 5.99. The molecule has 2 N–H and O–H groups in total. The zero-order valence-corrected chi connectivity index (χ0v) is 11.1. The minimum absolute atomic E-state index is 0.330. The van der Waals surface area contributed by atoms with E-state index in [1.165, 1.54) is 18.9 Å². The van der Waals surface area contributed by atoms with Crippen molar-refractivity contribution in [1.29, 1.82) is 0 Å². The summed E-state index contributed by atoms with van der Waals surface area (Å²) in [6, 6.07) is 6.72. The average molecular weight is 260 g/mol. The number of aromatic nitrogens is 1. The van der Waals surface area contributed by atoms with Gasteiger partial charge in [-0.1, -0.05) is 11.6 Å². The molecule has 5 nitrogen and oxygen atoms in total. The second-order valence-corrected chi connectivity index (χ2v) is 4.70. The highest BCUT2D eigenvalue weighted by Crippen LogP contribution is 2.18. The van der Waals surface area contributed by atoms with E-state index in [9.17, 15) is 9.59 Å². The van der Waals surface area contributed by atoms with Crippen LogP contribution in [0.15, 0.2) is 24.3 Å². The van der Waals surface area contributed by atoms with Crippen LogP contribution in [0.1, 0.15) is 23.0 Å². The van der Waals surface area contributed by atoms with Crippen molar-refractivity contribution in [3.63, 3.8) is 0 Å². The molecule has 0 saturated carbocycles. The zero-order valence-electron chi connectivity index (χ0n) is 11.1. The van der Waals surface area contributed by atoms with E-state index in [4.69, 9.17) is 5.11 Å². The monoisotopic (exact) mass is 260 g/mol. The number of nitrogens with zero attached hydrogens (tertiary/aromatic N) is 1. The number of hydrogen-bond acceptors (Lipinski definition) is 2. The van der Waals surface area contributed by atoms with Crippen molar-refractivity contribution >= 4 is 22.8 Å². The molecule has 100 valence electrons. The summed E-state index contributed by atoms with van der Waals surface area (Å²) in [7, 11) is 1.48. The van der Waals surface area contributed by atoms with E-state index in [0.717, 1.165) is 16.5 Å². The van der Waals surface area contributed by atoms with E-state index in [-0.39, 0.29) is 5.91 Å². The summed E-state index contributed by atoms with van der Waals surface area (Å²) in [6.07, 6.45) is 0. The summed E-state index contributed by atoms with van der Waals surface area (Å²) in [4.78, 5) is 27.3. The SMILES string of the molecule is Cc1ccc2[nH]c(C(=O)N(C)C(C)C(=O)O)cc2c1. The number of aryl methyl sites for hydroxylation is 1. The van der Waals surface area contributed by atoms with Crippen LogP contribution in [0.5, 0.6) is 0 Å². The lowest BCUT2D eigenvalue weighted by Crippen LogP contribution is -2.40. The fourth-order valence-corrected chi connectivity index (χ4v) is 1.90. The first-order valence-corrected chi connectivity index (χ1v) is 5.99. The number of amides is 1. The van der Waals surface area contributed by atoms with E-state index in [1.807, 2.05) is 25.1 Å². The van der Waals surface area contributed by atoms with E-state index in [1.54, 1.807) is 6.07 Å². The highest BCUT2D eigenvalue weighted by atomic mass is 16.4. The molecule has 19 heavy (non-hydrogen) atoms. The number of carboxylic acids is 1. The number of rotatable bonds is 3. The molecule has 1 aromatic carbocycles. The topological polar surface area (TPSA) is 73.4 Å². The van der Waals surface area contributed by atoms with Crippen LogP contribution in [0, 0.1) is 6.92 Å². The highest BCUT2D eigenvalue weighted by molar-refractivity contribution is 5.99. The zero-order chi connectivity index (χ0) is 14.2. The Morgan fingerprint density at radius 2 is 2.00 bits per heavy atom. The van der Waals surface area contributed by atoms with Crippen molar-refractivity contribution in [1.82, 2.24) is 9.88 Å². The number of hydrogen-bond donors (Lipinski definition) is 2. The Labute approximate surface area is 110 Å². The van der Waals surface area contributed by atoms with Crippen molar-refractivity contribution in [2.45, 2.75) is 19.9 Å². The molecule has 0 aliphatic carbocycles. The van der Waals surface area contributed by atoms with E-state index < -0.39 is 12.0 Å². The lowest BCUT2D eigenvalue weighted by atomic mass is 10.2. The van der Waals surface area contributed by atoms with E-state index in [0.29, 0.717) is 5.69 Å². The smallest absolute Gasteiger partial charge is 0.326 e. The third-order valence-electron chi connectivity index (χ3n) is 3.27. The first-order chi connectivity index (χ1) is 8.90. The summed E-state index contributed by atoms with van der Waals surface area (Å²) in [5, 5.41) is 9.86. The number of carbonyl (C=O) groups excluding carboxylic acids is 1. The fourth-order valence-electron chi connectivity index (χ4n) is 1.90. The second kappa shape index (κ2) is 4.76. The van der Waals surface area contributed by atoms with Crippen LogP contribution in [0.4, 0.5) is 0 Å². The van der Waals surface area contributed by atoms with Crippen molar-refractivity contribution < 1.29 is 14.7 Å². The van der Waals surface area contributed by atoms with Crippen LogP contribution in [0.25, 0.3) is 10.9 Å². The molecular weight excluding hydrogens is 244 g/mol. The van der Waals surface area contributed by atoms with Crippen molar-refractivity contribution in [2.24, 2.45) is 0 Å². The lowest BCUT2D eigenvalue weighted by molar-refractivity contribution is -0.141. The Balaban J connectivity index is 2.33. The summed E-state index contributed by atoms with van der Waals surface area (Å²) in [5.41, 5.74) is 2.37. The van der Waals surface area contributed by atoms with Gasteiger partial charge in [-0.15, -0.1) is 0 Å². The molecule has 2 aromatic rings. The van der Waals surface area contributed by atoms with Gasteiger partial charge in [0, 0.05) is 18.0 Å². The predicted octanol–water partition coefficient (Wildman–Crippen LogP) is 2.02. The molecular formula is C14H16N2O3. The Hall–Kier alpha value is -2.30. The first kappa shape index (κ1) is 13.1. The molecule has 1 amide bonds. The Morgan fingerprint density at radius 1 is 1.32 bits per heavy atom. The maximum atomic E-state index is 12.2. The maximum Gasteiger partial charge on any atom is 0.326 e. The third-order valence-corrected chi connectivity index (χ3v) is 3.27. The van der Waals surface area contributed by atoms with Gasteiger partial charge in [0.2, 0.25) is 0 Å². The normalized spacial score (nSPS) is 12.4. The van der Waals surface area contributed by atoms with Crippen molar-refractivity contribution in [2.75, 3.05) is 7.05 Å². The fraction of sp³-hybridized carbons (Fsp3) is 0.286. The number of carbonyl (C=O) groups is 2. The standard InChI is InChI=1S/C14H16N2O3/c1-8-4-5-11-10(6-8)7-12(15-11)13(17)16(3)9(2)14(18)19/h4-7,9,15H,1-3H3,(H,18,19). The van der Waals surface area contributed by atoms with Gasteiger partial charge in [0.1, 0.15) is 11.7 Å². The molecule has 0 aliphatic rings. The van der Waals surface area contributed by atoms with Gasteiger partial charge < -0.3 is 15.0 Å². The molecule has 2 rings (SSSR count). The number of aromatic amines is 1. The molecule has 0 spiro atoms. The minimum atomic E-state index is -1.03. The van der Waals surface area contributed by atoms with Gasteiger partial charge in [0.15, 0.2) is 0 Å². The molecule has 0 bridgehead atoms. The molecule has 1 atom stereocenters. The summed E-state index contributed by atoms with van der Waals surface area (Å²) >= 11 is 0. The summed E-state index contributed by atoms with van der Waals surface area (Å²) in [6.45, 7) is 3.46. The largest absolute Gasteiger partial charge is 0.480 e. The molecule has 1 unspecified atom stereocenters. The van der Waals surface area contributed by atoms with Crippen LogP contribution in [0.2, 0.25) is 0 Å². The van der Waals surface area contributed by atoms with Gasteiger partial charge in [-0.25, -0.2) is 4.79 Å². The number of nitrogens with one attached hydrogen (secondary N) is 1. The van der Waals surface area contributed by atoms with Gasteiger partial charge in [-0.3, -0.25) is 4.79 Å². The van der Waals surface area contributed by atoms with E-state index in [2.05, 4.69) is 4.98 Å². The molecule has 0 aliphatic heterocycles. The average Bonchev–Trinajstić information content (AvgIpc) is 2.78. The molecule has 1 aromatic heterocycles. The molecule has 0 saturated heterocycles. The van der Waals surface area contributed by atoms with Gasteiger partial charge in [-0.2, -0.15) is 0 Å². The van der Waals surface area contributed by atoms with Crippen molar-refractivity contribution in [3.05, 3.63) is 35.5 Å². The van der Waals surface area contributed by atoms with Crippen LogP contribution in [0.3, 0.4) is 0 Å². The second-order valence-electron chi connectivity index (χ2n) is 4.70. The van der Waals surface area contributed by atoms with Crippen LogP contribution < -0.4 is 0 Å². The number of aliphatic carboxylic acids is 1. The third kappa shape index (κ3) is 2.45. The molecule has 0 fully saturated rings. The molecule has 1 heterocycles. The van der Waals surface area contributed by atoms with E-state index >= 15 is 0 Å². The number of carboxylic acid groups (broad SMARTS) is 1. The summed E-state index contributed by atoms with van der Waals surface area (Å²) in [5.74, 6) is -1.36. The van der Waals surface area contributed by atoms with Gasteiger partial charge in [-0.05, 0) is 32.0 Å². The van der Waals surface area contributed by atoms with Crippen molar-refractivity contribution in [3.8, 4) is 0 Å². The summed E-state index contributed by atoms with van der Waals surface area (Å²) < 4.78 is 0. The number of fused-ring (bicyclic) bond motifs is 1. The van der Waals surface area contributed by atoms with Gasteiger partial charge in [0.25, 0.3) is 5.91 Å². The molecule has 5 heteroatoms. The Kier molecular flexibility index (Phi) is 3.29. The number of H-pyrrole nitrogens is 1. The van der Waals surface area contributed by atoms with Gasteiger partial charge >= 0.3 is 5.97 Å². The Morgan fingerprint density at radius 3 is 2.63 bits per heavy atom. The quantitative estimate of drug-likeness (QED) is 0.886. The number of benzene rings is 1. The highest BCUT2D eigenvalue weighted by Gasteiger charge is 2.23. The Bertz CT molecular complexity index is 645. The lowest BCUT2D eigenvalue weighted by Gasteiger charge is -2.20. The maximum absolute atomic E-state index is 12.2. The van der Waals surface area contributed by atoms with Crippen LogP contribution in [-0.2, 0) is 4.79 Å². The minimum Gasteiger partial charge on any atom is -0.480 e. The molecule has 0 radical (unpaired) electrons.